The summed E-state index contributed by atoms with van der Waals surface area (Å²) in [5, 5.41) is 3.72. The van der Waals surface area contributed by atoms with Crippen LogP contribution in [0.2, 0.25) is 5.02 Å². The van der Waals surface area contributed by atoms with E-state index in [2.05, 4.69) is 5.32 Å². The van der Waals surface area contributed by atoms with Crippen LogP contribution in [-0.4, -0.2) is 27.4 Å². The number of nitrogens with one attached hydrogen (secondary N) is 1. The summed E-state index contributed by atoms with van der Waals surface area (Å²) >= 11 is 6.33. The van der Waals surface area contributed by atoms with Crippen molar-refractivity contribution >= 4 is 24.0 Å². The zero-order chi connectivity index (χ0) is 17.4. The molecule has 2 aromatic carbocycles. The predicted octanol–water partition coefficient (Wildman–Crippen LogP) is 4.22. The molecule has 0 aliphatic rings. The third kappa shape index (κ3) is 6.71. The Morgan fingerprint density at radius 2 is 1.80 bits per heavy atom. The quantitative estimate of drug-likeness (QED) is 0.651. The minimum absolute atomic E-state index is 0. The Morgan fingerprint density at radius 3 is 2.44 bits per heavy atom. The lowest BCUT2D eigenvalue weighted by Crippen LogP contribution is -2.18. The summed E-state index contributed by atoms with van der Waals surface area (Å²) in [6.45, 7) is 2.32. The molecule has 0 heterocycles. The van der Waals surface area contributed by atoms with E-state index in [0.717, 1.165) is 17.7 Å². The lowest BCUT2D eigenvalue weighted by Gasteiger charge is -2.14. The molecule has 138 valence electrons. The average molecular weight is 390 g/mol. The molecule has 0 spiro atoms. The van der Waals surface area contributed by atoms with E-state index in [1.54, 1.807) is 26.4 Å². The van der Waals surface area contributed by atoms with Gasteiger partial charge in [-0.15, -0.1) is 12.4 Å². The maximum Gasteiger partial charge on any atom is 0.180 e. The summed E-state index contributed by atoms with van der Waals surface area (Å²) in [5.74, 6) is 0.761. The molecule has 0 aromatic heterocycles. The molecule has 0 unspecified atom stereocenters. The van der Waals surface area contributed by atoms with Crippen molar-refractivity contribution in [3.8, 4) is 11.5 Å². The molecule has 1 N–H and O–H groups in total. The maximum absolute atomic E-state index is 12.9. The summed E-state index contributed by atoms with van der Waals surface area (Å²) < 4.78 is 29.1. The molecule has 2 rings (SSSR count). The number of halogens is 3. The van der Waals surface area contributed by atoms with Gasteiger partial charge in [0.15, 0.2) is 11.5 Å². The Labute approximate surface area is 158 Å². The normalized spacial score (nSPS) is 10.2. The third-order valence-electron chi connectivity index (χ3n) is 3.40. The van der Waals surface area contributed by atoms with Crippen LogP contribution in [0.25, 0.3) is 0 Å². The van der Waals surface area contributed by atoms with Crippen LogP contribution in [0.4, 0.5) is 4.39 Å². The van der Waals surface area contributed by atoms with Crippen LogP contribution in [-0.2, 0) is 17.9 Å². The van der Waals surface area contributed by atoms with Gasteiger partial charge < -0.3 is 19.5 Å². The van der Waals surface area contributed by atoms with Gasteiger partial charge in [0, 0.05) is 20.2 Å². The second-order valence-electron chi connectivity index (χ2n) is 5.19. The van der Waals surface area contributed by atoms with Gasteiger partial charge in [0.05, 0.1) is 18.7 Å². The van der Waals surface area contributed by atoms with Gasteiger partial charge in [-0.3, -0.25) is 0 Å². The van der Waals surface area contributed by atoms with Gasteiger partial charge in [0.1, 0.15) is 12.4 Å². The summed E-state index contributed by atoms with van der Waals surface area (Å²) in [4.78, 5) is 0. The molecule has 2 aromatic rings. The minimum Gasteiger partial charge on any atom is -0.493 e. The summed E-state index contributed by atoms with van der Waals surface area (Å²) in [6, 6.07) is 9.85. The van der Waals surface area contributed by atoms with Crippen molar-refractivity contribution < 1.29 is 18.6 Å². The van der Waals surface area contributed by atoms with E-state index < -0.39 is 0 Å². The highest BCUT2D eigenvalue weighted by Gasteiger charge is 2.12. The second-order valence-corrected chi connectivity index (χ2v) is 5.60. The third-order valence-corrected chi connectivity index (χ3v) is 3.68. The molecule has 0 atom stereocenters. The van der Waals surface area contributed by atoms with Crippen molar-refractivity contribution in [1.29, 1.82) is 0 Å². The Hall–Kier alpha value is -1.53. The van der Waals surface area contributed by atoms with Crippen LogP contribution in [0.15, 0.2) is 36.4 Å². The fourth-order valence-electron chi connectivity index (χ4n) is 2.16. The molecular formula is C18H22Cl2FNO3. The molecule has 7 heteroatoms. The first-order valence-corrected chi connectivity index (χ1v) is 7.95. The Kier molecular flexibility index (Phi) is 9.60. The summed E-state index contributed by atoms with van der Waals surface area (Å²) in [6.07, 6.45) is 0. The van der Waals surface area contributed by atoms with Crippen molar-refractivity contribution in [2.45, 2.75) is 13.2 Å². The van der Waals surface area contributed by atoms with E-state index >= 15 is 0 Å². The molecule has 0 radical (unpaired) electrons. The largest absolute Gasteiger partial charge is 0.493 e. The first-order valence-electron chi connectivity index (χ1n) is 7.57. The number of hydrogen-bond donors (Lipinski definition) is 1. The van der Waals surface area contributed by atoms with E-state index in [1.807, 2.05) is 12.1 Å². The molecule has 25 heavy (non-hydrogen) atoms. The predicted molar refractivity (Wildman–Crippen MR) is 99.6 cm³/mol. The first kappa shape index (κ1) is 21.5. The fraction of sp³-hybridized carbons (Fsp3) is 0.333. The molecule has 0 saturated carbocycles. The lowest BCUT2D eigenvalue weighted by molar-refractivity contribution is 0.199. The average Bonchev–Trinajstić information content (AvgIpc) is 2.59. The van der Waals surface area contributed by atoms with Gasteiger partial charge in [-0.2, -0.15) is 0 Å². The highest BCUT2D eigenvalue weighted by molar-refractivity contribution is 6.32. The molecule has 0 fully saturated rings. The maximum atomic E-state index is 12.9. The van der Waals surface area contributed by atoms with E-state index in [-0.39, 0.29) is 24.8 Å². The van der Waals surface area contributed by atoms with Crippen LogP contribution in [0.3, 0.4) is 0 Å². The van der Waals surface area contributed by atoms with Crippen LogP contribution >= 0.6 is 24.0 Å². The SMILES string of the molecule is COCCNCc1cc(Cl)c(OCc2ccc(F)cc2)c(OC)c1.Cl. The molecule has 0 aliphatic heterocycles. The van der Waals surface area contributed by atoms with E-state index in [1.165, 1.54) is 12.1 Å². The van der Waals surface area contributed by atoms with Gasteiger partial charge in [0.2, 0.25) is 0 Å². The minimum atomic E-state index is -0.278. The molecule has 0 saturated heterocycles. The van der Waals surface area contributed by atoms with Crippen LogP contribution in [0.5, 0.6) is 11.5 Å². The lowest BCUT2D eigenvalue weighted by atomic mass is 10.2. The molecule has 0 bridgehead atoms. The monoisotopic (exact) mass is 389 g/mol. The zero-order valence-electron chi connectivity index (χ0n) is 14.2. The summed E-state index contributed by atoms with van der Waals surface area (Å²) in [7, 11) is 3.23. The van der Waals surface area contributed by atoms with Crippen molar-refractivity contribution in [2.75, 3.05) is 27.4 Å². The standard InChI is InChI=1S/C18H21ClFNO3.ClH/c1-22-8-7-21-11-14-9-16(19)18(17(10-14)23-2)24-12-13-3-5-15(20)6-4-13;/h3-6,9-10,21H,7-8,11-12H2,1-2H3;1H. The second kappa shape index (κ2) is 11.2. The molecule has 0 aliphatic carbocycles. The van der Waals surface area contributed by atoms with Crippen molar-refractivity contribution in [1.82, 2.24) is 5.32 Å². The van der Waals surface area contributed by atoms with Crippen molar-refractivity contribution in [2.24, 2.45) is 0 Å². The van der Waals surface area contributed by atoms with Gasteiger partial charge >= 0.3 is 0 Å². The fourth-order valence-corrected chi connectivity index (χ4v) is 2.45. The van der Waals surface area contributed by atoms with Gasteiger partial charge in [-0.1, -0.05) is 23.7 Å². The molecule has 0 amide bonds. The van der Waals surface area contributed by atoms with E-state index in [4.69, 9.17) is 25.8 Å². The van der Waals surface area contributed by atoms with Crippen LogP contribution in [0, 0.1) is 5.82 Å². The van der Waals surface area contributed by atoms with Gasteiger partial charge in [0.25, 0.3) is 0 Å². The van der Waals surface area contributed by atoms with E-state index in [9.17, 15) is 4.39 Å². The summed E-state index contributed by atoms with van der Waals surface area (Å²) in [5.41, 5.74) is 1.84. The first-order chi connectivity index (χ1) is 11.6. The number of hydrogen-bond acceptors (Lipinski definition) is 4. The van der Waals surface area contributed by atoms with Crippen molar-refractivity contribution in [3.05, 3.63) is 58.4 Å². The van der Waals surface area contributed by atoms with Gasteiger partial charge in [-0.25, -0.2) is 4.39 Å². The molecule has 4 nitrogen and oxygen atoms in total. The Morgan fingerprint density at radius 1 is 1.08 bits per heavy atom. The number of benzene rings is 2. The molecular weight excluding hydrogens is 368 g/mol. The highest BCUT2D eigenvalue weighted by Crippen LogP contribution is 2.37. The van der Waals surface area contributed by atoms with Crippen molar-refractivity contribution in [3.63, 3.8) is 0 Å². The topological polar surface area (TPSA) is 39.7 Å². The number of ether oxygens (including phenoxy) is 3. The Bertz CT molecular complexity index is 654. The van der Waals surface area contributed by atoms with E-state index in [0.29, 0.717) is 29.7 Å². The number of methoxy groups -OCH3 is 2. The Balaban J connectivity index is 0.00000312. The number of rotatable bonds is 9. The highest BCUT2D eigenvalue weighted by atomic mass is 35.5. The zero-order valence-corrected chi connectivity index (χ0v) is 15.8. The van der Waals surface area contributed by atoms with Crippen LogP contribution in [0.1, 0.15) is 11.1 Å². The van der Waals surface area contributed by atoms with Crippen LogP contribution < -0.4 is 14.8 Å². The van der Waals surface area contributed by atoms with Gasteiger partial charge in [-0.05, 0) is 35.4 Å². The smallest absolute Gasteiger partial charge is 0.180 e.